The van der Waals surface area contributed by atoms with E-state index in [1.807, 2.05) is 59.3 Å². The highest BCUT2D eigenvalue weighted by atomic mass is 16.5. The molecule has 3 heterocycles. The number of fused-ring (bicyclic) bond motifs is 1. The number of imidazole rings is 1. The van der Waals surface area contributed by atoms with Gasteiger partial charge in [0.1, 0.15) is 11.4 Å². The van der Waals surface area contributed by atoms with Crippen molar-refractivity contribution >= 4 is 17.5 Å². The average molecular weight is 445 g/mol. The molecule has 0 spiro atoms. The molecular weight excluding hydrogens is 416 g/mol. The van der Waals surface area contributed by atoms with E-state index in [2.05, 4.69) is 11.9 Å². The summed E-state index contributed by atoms with van der Waals surface area (Å²) in [5, 5.41) is 3.23. The van der Waals surface area contributed by atoms with E-state index in [1.54, 1.807) is 12.0 Å². The number of hydrogen-bond acceptors (Lipinski definition) is 4. The van der Waals surface area contributed by atoms with Crippen LogP contribution in [0.3, 0.4) is 0 Å². The van der Waals surface area contributed by atoms with Crippen molar-refractivity contribution in [3.05, 3.63) is 78.3 Å². The number of benzene rings is 1. The molecule has 33 heavy (non-hydrogen) atoms. The lowest BCUT2D eigenvalue weighted by Gasteiger charge is -2.51. The highest BCUT2D eigenvalue weighted by Gasteiger charge is 2.63. The Morgan fingerprint density at radius 1 is 1.18 bits per heavy atom. The predicted molar refractivity (Wildman–Crippen MR) is 125 cm³/mol. The molecule has 7 nitrogen and oxygen atoms in total. The molecule has 1 saturated carbocycles. The van der Waals surface area contributed by atoms with Crippen molar-refractivity contribution < 1.29 is 14.3 Å². The van der Waals surface area contributed by atoms with E-state index in [9.17, 15) is 9.59 Å². The smallest absolute Gasteiger partial charge is 0.257 e. The van der Waals surface area contributed by atoms with Crippen molar-refractivity contribution in [1.82, 2.24) is 19.6 Å². The number of carbonyl (C=O) groups excluding carboxylic acids is 2. The molecule has 0 bridgehead atoms. The molecular formula is C26H28N4O3. The highest BCUT2D eigenvalue weighted by Crippen LogP contribution is 2.46. The van der Waals surface area contributed by atoms with Crippen molar-refractivity contribution in [2.24, 2.45) is 0 Å². The largest absolute Gasteiger partial charge is 0.497 e. The Labute approximate surface area is 193 Å². The lowest BCUT2D eigenvalue weighted by atomic mass is 9.75. The first-order valence-electron chi connectivity index (χ1n) is 11.4. The molecule has 1 unspecified atom stereocenters. The van der Waals surface area contributed by atoms with Gasteiger partial charge >= 0.3 is 0 Å². The molecule has 1 N–H and O–H groups in total. The molecule has 3 aromatic rings. The van der Waals surface area contributed by atoms with Crippen LogP contribution >= 0.6 is 0 Å². The van der Waals surface area contributed by atoms with E-state index < -0.39 is 5.54 Å². The Hall–Kier alpha value is -3.61. The first-order valence-corrected chi connectivity index (χ1v) is 11.4. The van der Waals surface area contributed by atoms with Gasteiger partial charge in [-0.05, 0) is 42.7 Å². The molecule has 1 saturated heterocycles. The van der Waals surface area contributed by atoms with E-state index in [0.29, 0.717) is 11.3 Å². The summed E-state index contributed by atoms with van der Waals surface area (Å²) in [6.07, 6.45) is 9.00. The van der Waals surface area contributed by atoms with E-state index in [4.69, 9.17) is 9.72 Å². The van der Waals surface area contributed by atoms with Gasteiger partial charge in [0, 0.05) is 25.0 Å². The van der Waals surface area contributed by atoms with Gasteiger partial charge in [-0.25, -0.2) is 4.98 Å². The fourth-order valence-corrected chi connectivity index (χ4v) is 5.00. The van der Waals surface area contributed by atoms with Crippen LogP contribution in [-0.2, 0) is 21.7 Å². The van der Waals surface area contributed by atoms with Crippen molar-refractivity contribution in [3.8, 4) is 5.75 Å². The zero-order chi connectivity index (χ0) is 23.0. The van der Waals surface area contributed by atoms with Gasteiger partial charge in [-0.2, -0.15) is 0 Å². The number of nitrogens with one attached hydrogen (secondary N) is 1. The summed E-state index contributed by atoms with van der Waals surface area (Å²) in [4.78, 5) is 33.3. The number of aromatic nitrogens is 2. The monoisotopic (exact) mass is 444 g/mol. The second-order valence-electron chi connectivity index (χ2n) is 8.83. The summed E-state index contributed by atoms with van der Waals surface area (Å²) < 4.78 is 7.12. The quantitative estimate of drug-likeness (QED) is 0.466. The van der Waals surface area contributed by atoms with Crippen LogP contribution < -0.4 is 10.1 Å². The van der Waals surface area contributed by atoms with E-state index >= 15 is 0 Å². The molecule has 170 valence electrons. The van der Waals surface area contributed by atoms with Gasteiger partial charge in [0.2, 0.25) is 0 Å². The summed E-state index contributed by atoms with van der Waals surface area (Å²) in [6.45, 7) is 4.33. The van der Waals surface area contributed by atoms with Crippen molar-refractivity contribution in [3.63, 3.8) is 0 Å². The van der Waals surface area contributed by atoms with Gasteiger partial charge in [-0.1, -0.05) is 44.0 Å². The van der Waals surface area contributed by atoms with Crippen molar-refractivity contribution in [1.29, 1.82) is 0 Å². The molecule has 1 aromatic carbocycles. The molecule has 2 amide bonds. The van der Waals surface area contributed by atoms with Crippen LogP contribution in [0.15, 0.2) is 67.0 Å². The number of nitrogens with zero attached hydrogens (tertiary/aromatic N) is 3. The summed E-state index contributed by atoms with van der Waals surface area (Å²) in [5.74, 6) is 0.275. The molecule has 1 aliphatic heterocycles. The summed E-state index contributed by atoms with van der Waals surface area (Å²) >= 11 is 0. The Morgan fingerprint density at radius 3 is 2.64 bits per heavy atom. The standard InChI is InChI=1S/C26H28N4O3/c1-18-24(31)30(16-19-11-13-21(33-2)14-12-19)26(18,25(32)27-20-8-4-3-5-9-20)22-17-29-15-7-6-10-23(29)28-22/h6-7,10-15,17,20H,1,3-5,8-9,16H2,2H3,(H,27,32). The van der Waals surface area contributed by atoms with Crippen LogP contribution in [0.1, 0.15) is 43.4 Å². The van der Waals surface area contributed by atoms with Gasteiger partial charge in [-0.3, -0.25) is 9.59 Å². The van der Waals surface area contributed by atoms with Gasteiger partial charge in [-0.15, -0.1) is 0 Å². The maximum absolute atomic E-state index is 13.9. The molecule has 7 heteroatoms. The van der Waals surface area contributed by atoms with Crippen LogP contribution in [0.2, 0.25) is 0 Å². The number of carbonyl (C=O) groups is 2. The fraction of sp³-hybridized carbons (Fsp3) is 0.346. The third kappa shape index (κ3) is 3.48. The molecule has 2 aromatic heterocycles. The van der Waals surface area contributed by atoms with Gasteiger partial charge in [0.15, 0.2) is 5.54 Å². The van der Waals surface area contributed by atoms with E-state index in [1.165, 1.54) is 6.42 Å². The highest BCUT2D eigenvalue weighted by molar-refractivity contribution is 6.14. The number of pyridine rings is 1. The number of methoxy groups -OCH3 is 1. The molecule has 1 atom stereocenters. The van der Waals surface area contributed by atoms with Crippen LogP contribution in [0.4, 0.5) is 0 Å². The zero-order valence-corrected chi connectivity index (χ0v) is 18.8. The number of β-lactam (4-membered cyclic amide) rings is 1. The third-order valence-corrected chi connectivity index (χ3v) is 6.85. The molecule has 2 fully saturated rings. The molecule has 5 rings (SSSR count). The van der Waals surface area contributed by atoms with Crippen LogP contribution in [0, 0.1) is 0 Å². The number of likely N-dealkylation sites (tertiary alicyclic amines) is 1. The predicted octanol–water partition coefficient (Wildman–Crippen LogP) is 3.59. The number of rotatable bonds is 6. The summed E-state index contributed by atoms with van der Waals surface area (Å²) in [6, 6.07) is 13.3. The molecule has 2 aliphatic rings. The van der Waals surface area contributed by atoms with Crippen LogP contribution in [0.25, 0.3) is 5.65 Å². The first-order chi connectivity index (χ1) is 16.0. The van der Waals surface area contributed by atoms with Gasteiger partial charge in [0.05, 0.1) is 18.4 Å². The van der Waals surface area contributed by atoms with Gasteiger partial charge < -0.3 is 19.4 Å². The second-order valence-corrected chi connectivity index (χ2v) is 8.83. The molecule has 0 radical (unpaired) electrons. The van der Waals surface area contributed by atoms with Crippen LogP contribution in [0.5, 0.6) is 5.75 Å². The van der Waals surface area contributed by atoms with E-state index in [-0.39, 0.29) is 30.0 Å². The average Bonchev–Trinajstić information content (AvgIpc) is 3.28. The Bertz CT molecular complexity index is 1180. The minimum absolute atomic E-state index is 0.103. The van der Waals surface area contributed by atoms with E-state index in [0.717, 1.165) is 37.0 Å². The number of hydrogen-bond donors (Lipinski definition) is 1. The van der Waals surface area contributed by atoms with Crippen molar-refractivity contribution in [2.75, 3.05) is 7.11 Å². The minimum Gasteiger partial charge on any atom is -0.497 e. The topological polar surface area (TPSA) is 75.9 Å². The first kappa shape index (κ1) is 21.2. The molecule has 1 aliphatic carbocycles. The number of ether oxygens (including phenoxy) is 1. The number of amides is 2. The fourth-order valence-electron chi connectivity index (χ4n) is 5.00. The van der Waals surface area contributed by atoms with Crippen molar-refractivity contribution in [2.45, 2.75) is 50.2 Å². The third-order valence-electron chi connectivity index (χ3n) is 6.85. The van der Waals surface area contributed by atoms with Crippen LogP contribution in [-0.4, -0.2) is 39.3 Å². The Kier molecular flexibility index (Phi) is 5.40. The maximum Gasteiger partial charge on any atom is 0.257 e. The second kappa shape index (κ2) is 8.39. The summed E-state index contributed by atoms with van der Waals surface area (Å²) in [5.41, 5.74) is 1.05. The normalized spacial score (nSPS) is 21.2. The Morgan fingerprint density at radius 2 is 1.94 bits per heavy atom. The summed E-state index contributed by atoms with van der Waals surface area (Å²) in [7, 11) is 1.61. The lowest BCUT2D eigenvalue weighted by molar-refractivity contribution is -0.157. The Balaban J connectivity index is 1.55. The SMILES string of the molecule is C=C1C(=O)N(Cc2ccc(OC)cc2)C1(C(=O)NC1CCCCC1)c1cn2ccccc2n1. The van der Waals surface area contributed by atoms with Gasteiger partial charge in [0.25, 0.3) is 11.8 Å². The lowest BCUT2D eigenvalue weighted by Crippen LogP contribution is -2.70. The zero-order valence-electron chi connectivity index (χ0n) is 18.8. The minimum atomic E-state index is -1.33. The maximum atomic E-state index is 13.9.